The second kappa shape index (κ2) is 7.14. The largest absolute Gasteiger partial charge is 0.497 e. The molecule has 0 saturated heterocycles. The highest BCUT2D eigenvalue weighted by Crippen LogP contribution is 2.25. The predicted octanol–water partition coefficient (Wildman–Crippen LogP) is 4.08. The molecule has 1 aromatic heterocycles. The van der Waals surface area contributed by atoms with E-state index in [0.29, 0.717) is 22.7 Å². The highest BCUT2D eigenvalue weighted by Gasteiger charge is 2.10. The number of nitrogens with zero attached hydrogens (tertiary/aromatic N) is 1. The molecule has 0 aliphatic carbocycles. The van der Waals surface area contributed by atoms with Crippen molar-refractivity contribution in [3.8, 4) is 22.1 Å². The lowest BCUT2D eigenvalue weighted by atomic mass is 10.1. The summed E-state index contributed by atoms with van der Waals surface area (Å²) in [6.45, 7) is 0. The van der Waals surface area contributed by atoms with Gasteiger partial charge >= 0.3 is 0 Å². The smallest absolute Gasteiger partial charge is 0.255 e. The van der Waals surface area contributed by atoms with Crippen molar-refractivity contribution in [1.29, 1.82) is 0 Å². The minimum absolute atomic E-state index is 0.228. The summed E-state index contributed by atoms with van der Waals surface area (Å²) in [5, 5.41) is 5.75. The Bertz CT molecular complexity index is 808. The molecule has 1 N–H and O–H groups in total. The summed E-state index contributed by atoms with van der Waals surface area (Å²) >= 11 is 1.57. The van der Waals surface area contributed by atoms with Gasteiger partial charge in [0, 0.05) is 34.5 Å². The molecule has 0 aliphatic rings. The molecule has 1 heterocycles. The molecule has 6 heteroatoms. The van der Waals surface area contributed by atoms with E-state index >= 15 is 0 Å². The maximum absolute atomic E-state index is 12.4. The van der Waals surface area contributed by atoms with Gasteiger partial charge in [-0.2, -0.15) is 0 Å². The zero-order valence-corrected chi connectivity index (χ0v) is 14.1. The minimum atomic E-state index is -0.228. The Morgan fingerprint density at radius 3 is 2.25 bits per heavy atom. The Morgan fingerprint density at radius 2 is 1.71 bits per heavy atom. The highest BCUT2D eigenvalue weighted by molar-refractivity contribution is 7.13. The maximum atomic E-state index is 12.4. The van der Waals surface area contributed by atoms with E-state index in [0.717, 1.165) is 10.6 Å². The van der Waals surface area contributed by atoms with Crippen LogP contribution in [0, 0.1) is 0 Å². The monoisotopic (exact) mass is 340 g/mol. The van der Waals surface area contributed by atoms with Crippen molar-refractivity contribution in [3.63, 3.8) is 0 Å². The second-order valence-electron chi connectivity index (χ2n) is 4.97. The normalized spacial score (nSPS) is 10.2. The lowest BCUT2D eigenvalue weighted by Crippen LogP contribution is -2.12. The fourth-order valence-electron chi connectivity index (χ4n) is 2.20. The molecule has 1 amide bonds. The number of aromatic nitrogens is 1. The Morgan fingerprint density at radius 1 is 1.04 bits per heavy atom. The van der Waals surface area contributed by atoms with E-state index in [2.05, 4.69) is 10.3 Å². The zero-order valence-electron chi connectivity index (χ0n) is 13.3. The van der Waals surface area contributed by atoms with Crippen LogP contribution in [0.3, 0.4) is 0 Å². The Hall–Kier alpha value is -2.86. The summed E-state index contributed by atoms with van der Waals surface area (Å²) in [4.78, 5) is 16.7. The Labute approximate surface area is 143 Å². The van der Waals surface area contributed by atoms with Gasteiger partial charge in [0.05, 0.1) is 14.2 Å². The third-order valence-electron chi connectivity index (χ3n) is 3.44. The van der Waals surface area contributed by atoms with Gasteiger partial charge in [-0.15, -0.1) is 11.3 Å². The zero-order chi connectivity index (χ0) is 16.9. The van der Waals surface area contributed by atoms with Crippen LogP contribution in [0.5, 0.6) is 11.5 Å². The van der Waals surface area contributed by atoms with E-state index in [-0.39, 0.29) is 5.91 Å². The standard InChI is InChI=1S/C18H16N2O3S/c1-22-15-9-13(10-16(11-15)23-2)17(21)20-14-5-3-12(4-6-14)18-19-7-8-24-18/h3-11H,1-2H3,(H,20,21). The molecule has 3 aromatic rings. The number of hydrogen-bond donors (Lipinski definition) is 1. The van der Waals surface area contributed by atoms with Crippen molar-refractivity contribution in [2.24, 2.45) is 0 Å². The number of benzene rings is 2. The number of carbonyl (C=O) groups is 1. The van der Waals surface area contributed by atoms with E-state index in [9.17, 15) is 4.79 Å². The molecule has 0 bridgehead atoms. The van der Waals surface area contributed by atoms with Crippen LogP contribution < -0.4 is 14.8 Å². The van der Waals surface area contributed by atoms with Crippen LogP contribution in [0.2, 0.25) is 0 Å². The lowest BCUT2D eigenvalue weighted by Gasteiger charge is -2.09. The summed E-state index contributed by atoms with van der Waals surface area (Å²) in [6, 6.07) is 12.6. The summed E-state index contributed by atoms with van der Waals surface area (Å²) in [5.41, 5.74) is 2.20. The fraction of sp³-hybridized carbons (Fsp3) is 0.111. The average molecular weight is 340 g/mol. The molecule has 122 valence electrons. The van der Waals surface area contributed by atoms with Crippen molar-refractivity contribution in [3.05, 3.63) is 59.6 Å². The third-order valence-corrected chi connectivity index (χ3v) is 4.26. The quantitative estimate of drug-likeness (QED) is 0.760. The Kier molecular flexibility index (Phi) is 4.77. The van der Waals surface area contributed by atoms with Crippen LogP contribution in [0.25, 0.3) is 10.6 Å². The molecule has 0 aliphatic heterocycles. The van der Waals surface area contributed by atoms with Crippen LogP contribution in [0.15, 0.2) is 54.0 Å². The van der Waals surface area contributed by atoms with Gasteiger partial charge in [0.1, 0.15) is 16.5 Å². The average Bonchev–Trinajstić information content (AvgIpc) is 3.16. The van der Waals surface area contributed by atoms with Crippen molar-refractivity contribution in [2.45, 2.75) is 0 Å². The van der Waals surface area contributed by atoms with Gasteiger partial charge in [-0.1, -0.05) is 0 Å². The van der Waals surface area contributed by atoms with E-state index in [1.807, 2.05) is 29.6 Å². The Balaban J connectivity index is 1.77. The van der Waals surface area contributed by atoms with Crippen molar-refractivity contribution < 1.29 is 14.3 Å². The van der Waals surface area contributed by atoms with Crippen LogP contribution >= 0.6 is 11.3 Å². The molecule has 24 heavy (non-hydrogen) atoms. The lowest BCUT2D eigenvalue weighted by molar-refractivity contribution is 0.102. The first-order valence-corrected chi connectivity index (χ1v) is 8.12. The number of anilines is 1. The maximum Gasteiger partial charge on any atom is 0.255 e. The van der Waals surface area contributed by atoms with E-state index in [1.165, 1.54) is 0 Å². The second-order valence-corrected chi connectivity index (χ2v) is 5.86. The number of amides is 1. The van der Waals surface area contributed by atoms with E-state index in [4.69, 9.17) is 9.47 Å². The van der Waals surface area contributed by atoms with Crippen LogP contribution in [0.1, 0.15) is 10.4 Å². The number of thiazole rings is 1. The van der Waals surface area contributed by atoms with Crippen LogP contribution in [-0.2, 0) is 0 Å². The number of nitrogens with one attached hydrogen (secondary N) is 1. The first kappa shape index (κ1) is 16.0. The molecule has 0 spiro atoms. The van der Waals surface area contributed by atoms with Crippen LogP contribution in [-0.4, -0.2) is 25.1 Å². The molecule has 2 aromatic carbocycles. The number of ether oxygens (including phenoxy) is 2. The van der Waals surface area contributed by atoms with Gasteiger partial charge in [-0.05, 0) is 36.4 Å². The van der Waals surface area contributed by atoms with Crippen molar-refractivity contribution in [2.75, 3.05) is 19.5 Å². The van der Waals surface area contributed by atoms with Crippen LogP contribution in [0.4, 0.5) is 5.69 Å². The molecule has 0 fully saturated rings. The van der Waals surface area contributed by atoms with Gasteiger partial charge in [0.15, 0.2) is 0 Å². The van der Waals surface area contributed by atoms with Gasteiger partial charge in [0.2, 0.25) is 0 Å². The van der Waals surface area contributed by atoms with Crippen molar-refractivity contribution >= 4 is 22.9 Å². The minimum Gasteiger partial charge on any atom is -0.497 e. The molecule has 3 rings (SSSR count). The van der Waals surface area contributed by atoms with E-state index < -0.39 is 0 Å². The molecule has 0 unspecified atom stereocenters. The van der Waals surface area contributed by atoms with Gasteiger partial charge in [0.25, 0.3) is 5.91 Å². The van der Waals surface area contributed by atoms with Gasteiger partial charge < -0.3 is 14.8 Å². The van der Waals surface area contributed by atoms with Crippen molar-refractivity contribution in [1.82, 2.24) is 4.98 Å². The topological polar surface area (TPSA) is 60.5 Å². The van der Waals surface area contributed by atoms with Gasteiger partial charge in [-0.3, -0.25) is 4.79 Å². The molecular weight excluding hydrogens is 324 g/mol. The number of rotatable bonds is 5. The summed E-state index contributed by atoms with van der Waals surface area (Å²) in [6.07, 6.45) is 1.77. The predicted molar refractivity (Wildman–Crippen MR) is 95.0 cm³/mol. The highest BCUT2D eigenvalue weighted by atomic mass is 32.1. The molecule has 0 saturated carbocycles. The number of carbonyl (C=O) groups excluding carboxylic acids is 1. The summed E-state index contributed by atoms with van der Waals surface area (Å²) in [5.74, 6) is 0.909. The molecule has 5 nitrogen and oxygen atoms in total. The molecule has 0 radical (unpaired) electrons. The SMILES string of the molecule is COc1cc(OC)cc(C(=O)Nc2ccc(-c3nccs3)cc2)c1. The summed E-state index contributed by atoms with van der Waals surface area (Å²) < 4.78 is 10.4. The van der Waals surface area contributed by atoms with Gasteiger partial charge in [-0.25, -0.2) is 4.98 Å². The first-order valence-electron chi connectivity index (χ1n) is 7.24. The molecular formula is C18H16N2O3S. The number of hydrogen-bond acceptors (Lipinski definition) is 5. The molecule has 0 atom stereocenters. The summed E-state index contributed by atoms with van der Waals surface area (Å²) in [7, 11) is 3.10. The third kappa shape index (κ3) is 3.55. The first-order chi connectivity index (χ1) is 11.7. The fourth-order valence-corrected chi connectivity index (χ4v) is 2.85. The van der Waals surface area contributed by atoms with E-state index in [1.54, 1.807) is 50.0 Å². The number of methoxy groups -OCH3 is 2.